The van der Waals surface area contributed by atoms with Gasteiger partial charge in [0, 0.05) is 35.5 Å². The fourth-order valence-corrected chi connectivity index (χ4v) is 3.06. The summed E-state index contributed by atoms with van der Waals surface area (Å²) in [5.41, 5.74) is -4.11. The lowest BCUT2D eigenvalue weighted by Gasteiger charge is -2.47. The molecule has 4 heteroatoms. The highest BCUT2D eigenvalue weighted by molar-refractivity contribution is 5.49. The van der Waals surface area contributed by atoms with Crippen molar-refractivity contribution >= 4 is 0 Å². The van der Waals surface area contributed by atoms with Crippen LogP contribution in [0.15, 0.2) is 12.1 Å². The number of piperidine rings is 1. The van der Waals surface area contributed by atoms with E-state index in [0.29, 0.717) is 6.92 Å². The first-order valence-electron chi connectivity index (χ1n) is 16.0. The molecule has 1 aromatic carbocycles. The van der Waals surface area contributed by atoms with E-state index in [-0.39, 0.29) is 0 Å². The van der Waals surface area contributed by atoms with Gasteiger partial charge >= 0.3 is 0 Å². The molecule has 1 aromatic rings. The maximum atomic E-state index is 11.2. The second kappa shape index (κ2) is 6.57. The molecule has 0 aromatic heterocycles. The molecule has 0 radical (unpaired) electrons. The van der Waals surface area contributed by atoms with Crippen molar-refractivity contribution in [2.45, 2.75) is 51.9 Å². The van der Waals surface area contributed by atoms with Crippen molar-refractivity contribution in [3.8, 4) is 11.5 Å². The summed E-state index contributed by atoms with van der Waals surface area (Å²) < 4.78 is 149. The highest BCUT2D eigenvalue weighted by atomic mass is 16.5. The van der Waals surface area contributed by atoms with Gasteiger partial charge < -0.3 is 14.6 Å². The molecule has 0 spiro atoms. The van der Waals surface area contributed by atoms with Crippen molar-refractivity contribution < 1.29 is 37.9 Å². The van der Waals surface area contributed by atoms with E-state index in [4.69, 9.17) is 32.8 Å². The lowest BCUT2D eigenvalue weighted by molar-refractivity contribution is -0.0259. The minimum absolute atomic E-state index is 0.400. The summed E-state index contributed by atoms with van der Waals surface area (Å²) in [5, 5.41) is 11.2. The van der Waals surface area contributed by atoms with E-state index < -0.39 is 111 Å². The Morgan fingerprint density at radius 1 is 1.46 bits per heavy atom. The number of ether oxygens (including phenoxy) is 2. The molecule has 2 aliphatic rings. The van der Waals surface area contributed by atoms with Crippen molar-refractivity contribution in [3.63, 3.8) is 0 Å². The average molecular weight is 351 g/mol. The molecule has 3 atom stereocenters. The molecule has 134 valence electrons. The maximum Gasteiger partial charge on any atom is 0.161 e. The van der Waals surface area contributed by atoms with Crippen LogP contribution in [-0.2, 0) is 6.37 Å². The standard InChI is InChI=1S/C20H31NO3/c1-20(2,3)11-14-12-21-7-6-13-8-18(23-4)19(24-5)9-15(13)16(21)10-17(14)22/h8-9,14,16-17,22H,6-7,10-12H2,1-5H3/i1D3,2D3,5D3,6D2,7D2,8D,9D,11D2. The van der Waals surface area contributed by atoms with E-state index in [0.717, 1.165) is 12.0 Å². The van der Waals surface area contributed by atoms with Crippen LogP contribution < -0.4 is 9.47 Å². The van der Waals surface area contributed by atoms with Crippen LogP contribution in [0.25, 0.3) is 0 Å². The molecule has 1 saturated heterocycles. The number of methoxy groups -OCH3 is 2. The Hall–Kier alpha value is -1.26. The molecule has 3 unspecified atom stereocenters. The maximum absolute atomic E-state index is 11.2. The quantitative estimate of drug-likeness (QED) is 0.907. The summed E-state index contributed by atoms with van der Waals surface area (Å²) >= 11 is 0. The molecule has 1 N–H and O–H groups in total. The van der Waals surface area contributed by atoms with Crippen molar-refractivity contribution in [2.24, 2.45) is 11.3 Å². The molecule has 3 rings (SSSR count). The Bertz CT molecular complexity index is 1180. The van der Waals surface area contributed by atoms with Crippen molar-refractivity contribution in [3.05, 3.63) is 23.2 Å². The normalized spacial score (nSPS) is 44.1. The molecule has 0 aliphatic carbocycles. The summed E-state index contributed by atoms with van der Waals surface area (Å²) in [6.07, 6.45) is -8.79. The molecule has 4 nitrogen and oxygen atoms in total. The van der Waals surface area contributed by atoms with Gasteiger partial charge in [-0.25, -0.2) is 0 Å². The third-order valence-electron chi connectivity index (χ3n) is 4.10. The second-order valence-corrected chi connectivity index (χ2v) is 6.09. The second-order valence-electron chi connectivity index (χ2n) is 6.09. The molecule has 0 saturated carbocycles. The zero-order valence-electron chi connectivity index (χ0n) is 30.4. The summed E-state index contributed by atoms with van der Waals surface area (Å²) in [6.45, 7) is -10.1. The summed E-state index contributed by atoms with van der Waals surface area (Å²) in [4.78, 5) is 0.757. The van der Waals surface area contributed by atoms with Crippen LogP contribution in [0, 0.1) is 11.3 Å². The first-order chi connectivity index (χ1) is 18.1. The summed E-state index contributed by atoms with van der Waals surface area (Å²) in [5.74, 6) is -3.24. The predicted molar refractivity (Wildman–Crippen MR) is 95.7 cm³/mol. The molecular weight excluding hydrogens is 302 g/mol. The van der Waals surface area contributed by atoms with Gasteiger partial charge in [-0.05, 0) is 53.7 Å². The largest absolute Gasteiger partial charge is 0.493 e. The van der Waals surface area contributed by atoms with Gasteiger partial charge in [0.05, 0.1) is 27.1 Å². The van der Waals surface area contributed by atoms with Gasteiger partial charge in [-0.3, -0.25) is 4.90 Å². The van der Waals surface area contributed by atoms with E-state index in [1.165, 1.54) is 0 Å². The monoisotopic (exact) mass is 350 g/mol. The fourth-order valence-electron chi connectivity index (χ4n) is 3.06. The first-order valence-corrected chi connectivity index (χ1v) is 7.46. The van der Waals surface area contributed by atoms with E-state index in [1.807, 2.05) is 0 Å². The van der Waals surface area contributed by atoms with Crippen LogP contribution in [-0.4, -0.2) is 43.3 Å². The molecule has 2 aliphatic heterocycles. The number of benzene rings is 1. The van der Waals surface area contributed by atoms with Gasteiger partial charge in [0.2, 0.25) is 0 Å². The van der Waals surface area contributed by atoms with Crippen LogP contribution in [0.5, 0.6) is 11.5 Å². The predicted octanol–water partition coefficient (Wildman–Crippen LogP) is 3.42. The smallest absolute Gasteiger partial charge is 0.161 e. The SMILES string of the molecule is [2H]c1c(OC([2H])([2H])[2H])c(OC)c([2H])c2c1C1CC(O)C(C([2H])([2H])C(C)(C([2H])([2H])[2H])C([2H])([2H])[2H])CN1C([2H])([2H])C2([2H])[2H]. The van der Waals surface area contributed by atoms with E-state index >= 15 is 0 Å². The van der Waals surface area contributed by atoms with Gasteiger partial charge in [-0.1, -0.05) is 20.6 Å². The van der Waals surface area contributed by atoms with Crippen molar-refractivity contribution in [1.82, 2.24) is 4.90 Å². The van der Waals surface area contributed by atoms with E-state index in [1.54, 1.807) is 0 Å². The summed E-state index contributed by atoms with van der Waals surface area (Å²) in [6, 6.07) is -3.00. The van der Waals surface area contributed by atoms with Crippen LogP contribution >= 0.6 is 0 Å². The average Bonchev–Trinajstić information content (AvgIpc) is 2.76. The number of fused-ring (bicyclic) bond motifs is 3. The molecule has 1 fully saturated rings. The highest BCUT2D eigenvalue weighted by Crippen LogP contribution is 2.44. The van der Waals surface area contributed by atoms with Gasteiger partial charge in [-0.15, -0.1) is 0 Å². The van der Waals surface area contributed by atoms with Crippen LogP contribution in [0.1, 0.15) is 73.9 Å². The van der Waals surface area contributed by atoms with Crippen molar-refractivity contribution in [1.29, 1.82) is 0 Å². The number of aliphatic hydroxyl groups excluding tert-OH is 1. The van der Waals surface area contributed by atoms with Crippen molar-refractivity contribution in [2.75, 3.05) is 27.2 Å². The number of aliphatic hydroxyl groups is 1. The molecule has 0 bridgehead atoms. The third-order valence-corrected chi connectivity index (χ3v) is 4.10. The minimum atomic E-state index is -3.41. The minimum Gasteiger partial charge on any atom is -0.493 e. The number of rotatable bonds is 3. The number of hydrogen-bond acceptors (Lipinski definition) is 4. The Morgan fingerprint density at radius 3 is 2.96 bits per heavy atom. The molecular formula is C20H31NO3. The molecule has 2 heterocycles. The first kappa shape index (κ1) is 6.17. The van der Waals surface area contributed by atoms with Crippen LogP contribution in [0.3, 0.4) is 0 Å². The Balaban J connectivity index is 2.30. The lowest BCUT2D eigenvalue weighted by atomic mass is 9.75. The van der Waals surface area contributed by atoms with Gasteiger partial charge in [0.1, 0.15) is 0 Å². The topological polar surface area (TPSA) is 41.9 Å². The van der Waals surface area contributed by atoms with Crippen LogP contribution in [0.2, 0.25) is 0 Å². The van der Waals surface area contributed by atoms with Gasteiger partial charge in [-0.2, -0.15) is 0 Å². The zero-order valence-corrected chi connectivity index (χ0v) is 13.4. The Kier molecular flexibility index (Phi) is 1.69. The Labute approximate surface area is 169 Å². The third kappa shape index (κ3) is 3.40. The van der Waals surface area contributed by atoms with Crippen LogP contribution in [0.4, 0.5) is 0 Å². The number of hydrogen-bond donors (Lipinski definition) is 1. The Morgan fingerprint density at radius 2 is 2.25 bits per heavy atom. The molecule has 0 amide bonds. The molecule has 24 heavy (non-hydrogen) atoms. The van der Waals surface area contributed by atoms with E-state index in [2.05, 4.69) is 0 Å². The fraction of sp³-hybridized carbons (Fsp3) is 0.700. The summed E-state index contributed by atoms with van der Waals surface area (Å²) in [7, 11) is -2.11. The number of nitrogens with zero attached hydrogens (tertiary/aromatic N) is 1. The lowest BCUT2D eigenvalue weighted by Crippen LogP contribution is -2.48. The van der Waals surface area contributed by atoms with E-state index in [9.17, 15) is 5.11 Å². The zero-order chi connectivity index (χ0) is 32.1. The van der Waals surface area contributed by atoms with Gasteiger partial charge in [0.15, 0.2) is 11.5 Å². The van der Waals surface area contributed by atoms with Gasteiger partial charge in [0.25, 0.3) is 0 Å². The highest BCUT2D eigenvalue weighted by Gasteiger charge is 2.39.